The molecule has 0 aliphatic heterocycles. The number of aryl methyl sites for hydroxylation is 1. The normalized spacial score (nSPS) is 10.9. The van der Waals surface area contributed by atoms with E-state index in [1.54, 1.807) is 6.20 Å². The molecule has 0 saturated carbocycles. The van der Waals surface area contributed by atoms with Crippen LogP contribution in [0, 0.1) is 6.92 Å². The molecule has 2 heterocycles. The lowest BCUT2D eigenvalue weighted by atomic mass is 10.1. The van der Waals surface area contributed by atoms with E-state index in [1.807, 2.05) is 6.08 Å². The van der Waals surface area contributed by atoms with Crippen LogP contribution in [-0.4, -0.2) is 14.8 Å². The Bertz CT molecular complexity index is 543. The molecule has 0 saturated heterocycles. The van der Waals surface area contributed by atoms with Crippen molar-refractivity contribution in [2.45, 2.75) is 26.8 Å². The molecule has 0 amide bonds. The van der Waals surface area contributed by atoms with Gasteiger partial charge < -0.3 is 4.57 Å². The number of fused-ring (bicyclic) bond motifs is 1. The van der Waals surface area contributed by atoms with E-state index < -0.39 is 0 Å². The van der Waals surface area contributed by atoms with Gasteiger partial charge in [0.1, 0.15) is 0 Å². The fraction of sp³-hybridized carbons (Fsp3) is 0.333. The van der Waals surface area contributed by atoms with Crippen LogP contribution in [0.4, 0.5) is 0 Å². The maximum Gasteiger partial charge on any atom is 0.175 e. The van der Waals surface area contributed by atoms with E-state index in [-0.39, 0.29) is 0 Å². The maximum atomic E-state index is 6.11. The van der Waals surface area contributed by atoms with Gasteiger partial charge in [-0.1, -0.05) is 24.6 Å². The van der Waals surface area contributed by atoms with E-state index in [0.717, 1.165) is 23.9 Å². The maximum absolute atomic E-state index is 6.11. The van der Waals surface area contributed by atoms with Gasteiger partial charge in [-0.25, -0.2) is 0 Å². The average molecular weight is 236 g/mol. The monoisotopic (exact) mass is 235 g/mol. The number of nitrogens with zero attached hydrogens (tertiary/aromatic N) is 3. The molecule has 2 rings (SSSR count). The molecule has 0 spiro atoms. The number of hydrogen-bond acceptors (Lipinski definition) is 2. The molecule has 0 aromatic carbocycles. The first-order valence-corrected chi connectivity index (χ1v) is 5.68. The van der Waals surface area contributed by atoms with Gasteiger partial charge in [-0.05, 0) is 18.9 Å². The molecule has 0 aliphatic rings. The summed E-state index contributed by atoms with van der Waals surface area (Å²) in [7, 11) is 0. The first-order valence-electron chi connectivity index (χ1n) is 5.30. The van der Waals surface area contributed by atoms with Crippen molar-refractivity contribution < 1.29 is 0 Å². The van der Waals surface area contributed by atoms with Crippen LogP contribution in [-0.2, 0) is 13.0 Å². The molecule has 2 aromatic rings. The zero-order chi connectivity index (χ0) is 11.7. The number of halogens is 1. The number of rotatable bonds is 3. The molecule has 0 bridgehead atoms. The molecule has 4 heteroatoms. The Morgan fingerprint density at radius 3 is 2.94 bits per heavy atom. The third-order valence-electron chi connectivity index (χ3n) is 2.88. The third-order valence-corrected chi connectivity index (χ3v) is 3.14. The van der Waals surface area contributed by atoms with Crippen molar-refractivity contribution in [3.8, 4) is 0 Å². The van der Waals surface area contributed by atoms with Crippen LogP contribution >= 0.6 is 11.6 Å². The standard InChI is InChI=1S/C12H14ClN3/c1-4-6-16-8(3)9(5-2)10-7-14-15-12(13)11(10)16/h4,7H,1,5-6H2,2-3H3. The van der Waals surface area contributed by atoms with Crippen LogP contribution < -0.4 is 0 Å². The number of aromatic nitrogens is 3. The summed E-state index contributed by atoms with van der Waals surface area (Å²) >= 11 is 6.11. The van der Waals surface area contributed by atoms with Gasteiger partial charge in [-0.3, -0.25) is 0 Å². The SMILES string of the molecule is C=CCn1c(C)c(CC)c2cnnc(Cl)c21. The molecule has 3 nitrogen and oxygen atoms in total. The summed E-state index contributed by atoms with van der Waals surface area (Å²) < 4.78 is 2.14. The van der Waals surface area contributed by atoms with Gasteiger partial charge in [-0.15, -0.1) is 11.7 Å². The number of hydrogen-bond donors (Lipinski definition) is 0. The minimum Gasteiger partial charge on any atom is -0.338 e. The fourth-order valence-corrected chi connectivity index (χ4v) is 2.41. The van der Waals surface area contributed by atoms with Gasteiger partial charge >= 0.3 is 0 Å². The lowest BCUT2D eigenvalue weighted by molar-refractivity contribution is 0.816. The highest BCUT2D eigenvalue weighted by Gasteiger charge is 2.15. The van der Waals surface area contributed by atoms with E-state index >= 15 is 0 Å². The highest BCUT2D eigenvalue weighted by molar-refractivity contribution is 6.33. The second-order valence-electron chi connectivity index (χ2n) is 3.71. The van der Waals surface area contributed by atoms with E-state index in [9.17, 15) is 0 Å². The lowest BCUT2D eigenvalue weighted by Gasteiger charge is -2.04. The Labute approximate surface area is 99.7 Å². The molecule has 2 aromatic heterocycles. The summed E-state index contributed by atoms with van der Waals surface area (Å²) in [5, 5.41) is 9.37. The van der Waals surface area contributed by atoms with Gasteiger partial charge in [0.25, 0.3) is 0 Å². The molecule has 16 heavy (non-hydrogen) atoms. The van der Waals surface area contributed by atoms with Crippen molar-refractivity contribution in [2.75, 3.05) is 0 Å². The molecule has 0 atom stereocenters. The Balaban J connectivity index is 2.86. The van der Waals surface area contributed by atoms with Gasteiger partial charge in [0.05, 0.1) is 11.7 Å². The van der Waals surface area contributed by atoms with Gasteiger partial charge in [0, 0.05) is 17.6 Å². The quantitative estimate of drug-likeness (QED) is 0.766. The second-order valence-corrected chi connectivity index (χ2v) is 4.07. The van der Waals surface area contributed by atoms with Crippen molar-refractivity contribution >= 4 is 22.5 Å². The Kier molecular flexibility index (Phi) is 2.97. The highest BCUT2D eigenvalue weighted by atomic mass is 35.5. The third kappa shape index (κ3) is 1.52. The predicted octanol–water partition coefficient (Wildman–Crippen LogP) is 3.14. The van der Waals surface area contributed by atoms with E-state index in [4.69, 9.17) is 11.6 Å². The topological polar surface area (TPSA) is 30.7 Å². The molecular weight excluding hydrogens is 222 g/mol. The first kappa shape index (κ1) is 11.1. The van der Waals surface area contributed by atoms with Gasteiger partial charge in [0.15, 0.2) is 5.15 Å². The summed E-state index contributed by atoms with van der Waals surface area (Å²) in [5.74, 6) is 0. The zero-order valence-electron chi connectivity index (χ0n) is 9.50. The first-order chi connectivity index (χ1) is 7.70. The average Bonchev–Trinajstić information content (AvgIpc) is 2.54. The minimum atomic E-state index is 0.460. The summed E-state index contributed by atoms with van der Waals surface area (Å²) in [4.78, 5) is 0. The van der Waals surface area contributed by atoms with Crippen LogP contribution in [0.1, 0.15) is 18.2 Å². The molecule has 0 fully saturated rings. The Morgan fingerprint density at radius 2 is 2.31 bits per heavy atom. The van der Waals surface area contributed by atoms with Crippen molar-refractivity contribution in [3.05, 3.63) is 35.3 Å². The Hall–Kier alpha value is -1.35. The fourth-order valence-electron chi connectivity index (χ4n) is 2.16. The van der Waals surface area contributed by atoms with Crippen LogP contribution in [0.2, 0.25) is 5.15 Å². The van der Waals surface area contributed by atoms with Crippen LogP contribution in [0.25, 0.3) is 10.9 Å². The van der Waals surface area contributed by atoms with Crippen molar-refractivity contribution in [2.24, 2.45) is 0 Å². The summed E-state index contributed by atoms with van der Waals surface area (Å²) in [5.41, 5.74) is 3.47. The van der Waals surface area contributed by atoms with Crippen molar-refractivity contribution in [3.63, 3.8) is 0 Å². The zero-order valence-corrected chi connectivity index (χ0v) is 10.3. The summed E-state index contributed by atoms with van der Waals surface area (Å²) in [6, 6.07) is 0. The smallest absolute Gasteiger partial charge is 0.175 e. The molecule has 0 N–H and O–H groups in total. The molecule has 0 unspecified atom stereocenters. The molecule has 0 radical (unpaired) electrons. The molecule has 84 valence electrons. The largest absolute Gasteiger partial charge is 0.338 e. The minimum absolute atomic E-state index is 0.460. The van der Waals surface area contributed by atoms with E-state index in [0.29, 0.717) is 5.15 Å². The van der Waals surface area contributed by atoms with E-state index in [1.165, 1.54) is 11.3 Å². The van der Waals surface area contributed by atoms with Crippen molar-refractivity contribution in [1.82, 2.24) is 14.8 Å². The molecule has 0 aliphatic carbocycles. The van der Waals surface area contributed by atoms with Crippen LogP contribution in [0.5, 0.6) is 0 Å². The summed E-state index contributed by atoms with van der Waals surface area (Å²) in [6.07, 6.45) is 4.61. The predicted molar refractivity (Wildman–Crippen MR) is 66.9 cm³/mol. The molecular formula is C12H14ClN3. The lowest BCUT2D eigenvalue weighted by Crippen LogP contribution is -1.99. The second kappa shape index (κ2) is 4.26. The highest BCUT2D eigenvalue weighted by Crippen LogP contribution is 2.29. The van der Waals surface area contributed by atoms with Gasteiger partial charge in [-0.2, -0.15) is 5.10 Å². The Morgan fingerprint density at radius 1 is 1.56 bits per heavy atom. The van der Waals surface area contributed by atoms with Gasteiger partial charge in [0.2, 0.25) is 0 Å². The van der Waals surface area contributed by atoms with Crippen LogP contribution in [0.3, 0.4) is 0 Å². The summed E-state index contributed by atoms with van der Waals surface area (Å²) in [6.45, 7) is 8.74. The van der Waals surface area contributed by atoms with E-state index in [2.05, 4.69) is 35.2 Å². The van der Waals surface area contributed by atoms with Crippen molar-refractivity contribution in [1.29, 1.82) is 0 Å². The van der Waals surface area contributed by atoms with Crippen LogP contribution in [0.15, 0.2) is 18.9 Å². The number of allylic oxidation sites excluding steroid dienone is 1.